The van der Waals surface area contributed by atoms with E-state index in [4.69, 9.17) is 10.8 Å². The van der Waals surface area contributed by atoms with Crippen molar-refractivity contribution < 1.29 is 5.11 Å². The predicted octanol–water partition coefficient (Wildman–Crippen LogP) is 0.210. The summed E-state index contributed by atoms with van der Waals surface area (Å²) in [6.07, 6.45) is 0. The SMILES string of the molecule is CC(C)C(CN)CO. The molecule has 3 N–H and O–H groups in total. The van der Waals surface area contributed by atoms with Crippen molar-refractivity contribution in [3.05, 3.63) is 0 Å². The number of hydrogen-bond acceptors (Lipinski definition) is 2. The zero-order chi connectivity index (χ0) is 6.57. The molecule has 1 unspecified atom stereocenters. The number of nitrogens with two attached hydrogens (primary N) is 1. The molecular weight excluding hydrogens is 102 g/mol. The number of aliphatic hydroxyl groups excluding tert-OH is 1. The van der Waals surface area contributed by atoms with E-state index in [1.165, 1.54) is 0 Å². The van der Waals surface area contributed by atoms with Crippen molar-refractivity contribution in [2.45, 2.75) is 13.8 Å². The van der Waals surface area contributed by atoms with Crippen LogP contribution in [0.25, 0.3) is 0 Å². The second kappa shape index (κ2) is 3.87. The monoisotopic (exact) mass is 117 g/mol. The summed E-state index contributed by atoms with van der Waals surface area (Å²) < 4.78 is 0. The van der Waals surface area contributed by atoms with Crippen molar-refractivity contribution in [3.63, 3.8) is 0 Å². The lowest BCUT2D eigenvalue weighted by Gasteiger charge is -2.14. The van der Waals surface area contributed by atoms with Crippen LogP contribution in [0.2, 0.25) is 0 Å². The summed E-state index contributed by atoms with van der Waals surface area (Å²) >= 11 is 0. The van der Waals surface area contributed by atoms with Crippen molar-refractivity contribution in [3.8, 4) is 0 Å². The van der Waals surface area contributed by atoms with Crippen molar-refractivity contribution in [1.29, 1.82) is 0 Å². The predicted molar refractivity (Wildman–Crippen MR) is 34.5 cm³/mol. The Balaban J connectivity index is 3.35. The lowest BCUT2D eigenvalue weighted by Crippen LogP contribution is -2.22. The first kappa shape index (κ1) is 7.92. The molecule has 0 radical (unpaired) electrons. The van der Waals surface area contributed by atoms with E-state index in [9.17, 15) is 0 Å². The van der Waals surface area contributed by atoms with E-state index in [0.29, 0.717) is 12.5 Å². The van der Waals surface area contributed by atoms with E-state index in [2.05, 4.69) is 13.8 Å². The van der Waals surface area contributed by atoms with Gasteiger partial charge in [0, 0.05) is 6.61 Å². The second-order valence-electron chi connectivity index (χ2n) is 2.42. The summed E-state index contributed by atoms with van der Waals surface area (Å²) in [5.74, 6) is 0.792. The zero-order valence-electron chi connectivity index (χ0n) is 5.59. The highest BCUT2D eigenvalue weighted by molar-refractivity contribution is 4.60. The fourth-order valence-corrected chi connectivity index (χ4v) is 0.558. The molecule has 8 heavy (non-hydrogen) atoms. The molecule has 0 bridgehead atoms. The van der Waals surface area contributed by atoms with Crippen LogP contribution >= 0.6 is 0 Å². The van der Waals surface area contributed by atoms with E-state index < -0.39 is 0 Å². The van der Waals surface area contributed by atoms with E-state index >= 15 is 0 Å². The molecule has 2 nitrogen and oxygen atoms in total. The van der Waals surface area contributed by atoms with Crippen molar-refractivity contribution in [2.75, 3.05) is 13.2 Å². The molecule has 0 aromatic rings. The Bertz CT molecular complexity index is 50.5. The Labute approximate surface area is 50.7 Å². The Morgan fingerprint density at radius 3 is 2.00 bits per heavy atom. The van der Waals surface area contributed by atoms with Crippen LogP contribution in [0, 0.1) is 11.8 Å². The first-order valence-electron chi connectivity index (χ1n) is 3.03. The summed E-state index contributed by atoms with van der Waals surface area (Å²) in [7, 11) is 0. The van der Waals surface area contributed by atoms with Crippen molar-refractivity contribution >= 4 is 0 Å². The lowest BCUT2D eigenvalue weighted by molar-refractivity contribution is 0.195. The zero-order valence-corrected chi connectivity index (χ0v) is 5.59. The highest BCUT2D eigenvalue weighted by Crippen LogP contribution is 2.06. The van der Waals surface area contributed by atoms with Gasteiger partial charge in [-0.1, -0.05) is 13.8 Å². The maximum atomic E-state index is 8.62. The highest BCUT2D eigenvalue weighted by Gasteiger charge is 2.07. The molecule has 0 aliphatic heterocycles. The molecule has 0 aromatic carbocycles. The van der Waals surface area contributed by atoms with Crippen LogP contribution in [0.15, 0.2) is 0 Å². The molecule has 0 saturated carbocycles. The summed E-state index contributed by atoms with van der Waals surface area (Å²) in [4.78, 5) is 0. The third-order valence-electron chi connectivity index (χ3n) is 1.48. The van der Waals surface area contributed by atoms with Crippen LogP contribution in [-0.4, -0.2) is 18.3 Å². The van der Waals surface area contributed by atoms with Gasteiger partial charge in [-0.2, -0.15) is 0 Å². The van der Waals surface area contributed by atoms with Gasteiger partial charge in [-0.25, -0.2) is 0 Å². The molecular formula is C6H15NO. The van der Waals surface area contributed by atoms with Gasteiger partial charge in [0.25, 0.3) is 0 Å². The Kier molecular flexibility index (Phi) is 3.83. The van der Waals surface area contributed by atoms with Gasteiger partial charge in [-0.3, -0.25) is 0 Å². The molecule has 2 heteroatoms. The summed E-state index contributed by atoms with van der Waals surface area (Å²) in [6, 6.07) is 0. The molecule has 0 amide bonds. The normalized spacial score (nSPS) is 14.6. The number of rotatable bonds is 3. The first-order valence-corrected chi connectivity index (χ1v) is 3.03. The third-order valence-corrected chi connectivity index (χ3v) is 1.48. The molecule has 50 valence electrons. The van der Waals surface area contributed by atoms with Gasteiger partial charge < -0.3 is 10.8 Å². The van der Waals surface area contributed by atoms with E-state index in [-0.39, 0.29) is 12.5 Å². The summed E-state index contributed by atoms with van der Waals surface area (Å²) in [5.41, 5.74) is 5.32. The van der Waals surface area contributed by atoms with E-state index in [1.54, 1.807) is 0 Å². The van der Waals surface area contributed by atoms with E-state index in [0.717, 1.165) is 0 Å². The van der Waals surface area contributed by atoms with Gasteiger partial charge >= 0.3 is 0 Å². The molecule has 0 aliphatic rings. The highest BCUT2D eigenvalue weighted by atomic mass is 16.3. The van der Waals surface area contributed by atoms with Crippen LogP contribution in [0.4, 0.5) is 0 Å². The molecule has 0 aliphatic carbocycles. The van der Waals surface area contributed by atoms with Crippen molar-refractivity contribution in [2.24, 2.45) is 17.6 Å². The summed E-state index contributed by atoms with van der Waals surface area (Å²) in [6.45, 7) is 4.93. The van der Waals surface area contributed by atoms with Gasteiger partial charge in [0.2, 0.25) is 0 Å². The fourth-order valence-electron chi connectivity index (χ4n) is 0.558. The average Bonchev–Trinajstić information content (AvgIpc) is 1.69. The molecule has 0 aromatic heterocycles. The van der Waals surface area contributed by atoms with Crippen LogP contribution in [-0.2, 0) is 0 Å². The maximum Gasteiger partial charge on any atom is 0.0473 e. The minimum atomic E-state index is 0.216. The second-order valence-corrected chi connectivity index (χ2v) is 2.42. The Hall–Kier alpha value is -0.0800. The maximum absolute atomic E-state index is 8.62. The molecule has 0 heterocycles. The topological polar surface area (TPSA) is 46.2 Å². The van der Waals surface area contributed by atoms with Gasteiger partial charge in [-0.15, -0.1) is 0 Å². The minimum Gasteiger partial charge on any atom is -0.396 e. The molecule has 0 rings (SSSR count). The van der Waals surface area contributed by atoms with Crippen LogP contribution in [0.1, 0.15) is 13.8 Å². The fraction of sp³-hybridized carbons (Fsp3) is 1.00. The number of hydrogen-bond donors (Lipinski definition) is 2. The van der Waals surface area contributed by atoms with Gasteiger partial charge in [-0.05, 0) is 18.4 Å². The third kappa shape index (κ3) is 2.28. The first-order chi connectivity index (χ1) is 3.72. The Morgan fingerprint density at radius 1 is 1.50 bits per heavy atom. The van der Waals surface area contributed by atoms with Gasteiger partial charge in [0.1, 0.15) is 0 Å². The van der Waals surface area contributed by atoms with Crippen LogP contribution < -0.4 is 5.73 Å². The smallest absolute Gasteiger partial charge is 0.0473 e. The quantitative estimate of drug-likeness (QED) is 0.555. The van der Waals surface area contributed by atoms with E-state index in [1.807, 2.05) is 0 Å². The van der Waals surface area contributed by atoms with Gasteiger partial charge in [0.15, 0.2) is 0 Å². The molecule has 1 atom stereocenters. The largest absolute Gasteiger partial charge is 0.396 e. The summed E-state index contributed by atoms with van der Waals surface area (Å²) in [5, 5.41) is 8.62. The average molecular weight is 117 g/mol. The van der Waals surface area contributed by atoms with Crippen LogP contribution in [0.3, 0.4) is 0 Å². The minimum absolute atomic E-state index is 0.216. The molecule has 0 saturated heterocycles. The molecule has 0 fully saturated rings. The standard InChI is InChI=1S/C6H15NO/c1-5(2)6(3-7)4-8/h5-6,8H,3-4,7H2,1-2H3. The van der Waals surface area contributed by atoms with Gasteiger partial charge in [0.05, 0.1) is 0 Å². The number of aliphatic hydroxyl groups is 1. The lowest BCUT2D eigenvalue weighted by atomic mass is 9.97. The van der Waals surface area contributed by atoms with Crippen molar-refractivity contribution in [1.82, 2.24) is 0 Å². The molecule has 0 spiro atoms. The van der Waals surface area contributed by atoms with Crippen LogP contribution in [0.5, 0.6) is 0 Å². The Morgan fingerprint density at radius 2 is 2.00 bits per heavy atom.